The first-order valence-electron chi connectivity index (χ1n) is 10.5. The van der Waals surface area contributed by atoms with Crippen molar-refractivity contribution in [3.63, 3.8) is 0 Å². The molecule has 4 rings (SSSR count). The van der Waals surface area contributed by atoms with Gasteiger partial charge in [0.05, 0.1) is 17.9 Å². The number of ether oxygens (including phenoxy) is 1. The van der Waals surface area contributed by atoms with Gasteiger partial charge in [-0.1, -0.05) is 30.3 Å². The number of nitrogens with zero attached hydrogens (tertiary/aromatic N) is 3. The van der Waals surface area contributed by atoms with E-state index in [1.54, 1.807) is 18.5 Å². The van der Waals surface area contributed by atoms with E-state index in [2.05, 4.69) is 26.3 Å². The van der Waals surface area contributed by atoms with Crippen LogP contribution in [-0.4, -0.2) is 41.6 Å². The van der Waals surface area contributed by atoms with E-state index in [0.717, 1.165) is 41.8 Å². The number of hydrogen-bond donors (Lipinski definition) is 1. The summed E-state index contributed by atoms with van der Waals surface area (Å²) < 4.78 is 44.8. The normalized spacial score (nSPS) is 17.3. The molecule has 0 amide bonds. The predicted molar refractivity (Wildman–Crippen MR) is 116 cm³/mol. The molecular weight excluding hydrogens is 417 g/mol. The molecule has 32 heavy (non-hydrogen) atoms. The molecule has 1 saturated heterocycles. The van der Waals surface area contributed by atoms with Gasteiger partial charge < -0.3 is 10.1 Å². The molecule has 8 heteroatoms. The fourth-order valence-electron chi connectivity index (χ4n) is 3.88. The number of hydrogen-bond acceptors (Lipinski definition) is 5. The molecule has 0 radical (unpaired) electrons. The third kappa shape index (κ3) is 5.44. The summed E-state index contributed by atoms with van der Waals surface area (Å²) in [6.07, 6.45) is -0.615. The number of aromatic nitrogens is 2. The first kappa shape index (κ1) is 22.2. The third-order valence-corrected chi connectivity index (χ3v) is 5.51. The zero-order valence-corrected chi connectivity index (χ0v) is 17.8. The van der Waals surface area contributed by atoms with Gasteiger partial charge in [0.15, 0.2) is 0 Å². The minimum absolute atomic E-state index is 0.152. The van der Waals surface area contributed by atoms with Gasteiger partial charge in [-0.2, -0.15) is 13.2 Å². The van der Waals surface area contributed by atoms with Crippen molar-refractivity contribution >= 4 is 5.82 Å². The number of nitrogens with one attached hydrogen (secondary N) is 1. The smallest absolute Gasteiger partial charge is 0.373 e. The highest BCUT2D eigenvalue weighted by Gasteiger charge is 2.30. The molecule has 1 fully saturated rings. The van der Waals surface area contributed by atoms with Crippen molar-refractivity contribution in [3.8, 4) is 0 Å². The van der Waals surface area contributed by atoms with Crippen LogP contribution in [-0.2, 0) is 23.9 Å². The summed E-state index contributed by atoms with van der Waals surface area (Å²) in [5.74, 6) is 0.868. The Balaban J connectivity index is 1.40. The average Bonchev–Trinajstić information content (AvgIpc) is 2.80. The van der Waals surface area contributed by atoms with E-state index in [9.17, 15) is 13.2 Å². The number of morpholine rings is 1. The maximum Gasteiger partial charge on any atom is 0.416 e. The first-order chi connectivity index (χ1) is 15.4. The SMILES string of the molecule is CNc1ncccc1CN1CCOC(c2ccc(Cc3cccc(C(F)(F)F)c3)cn2)C1. The van der Waals surface area contributed by atoms with Crippen LogP contribution in [0.1, 0.15) is 34.1 Å². The van der Waals surface area contributed by atoms with Crippen molar-refractivity contribution in [2.24, 2.45) is 0 Å². The second-order valence-electron chi connectivity index (χ2n) is 7.82. The summed E-state index contributed by atoms with van der Waals surface area (Å²) in [5, 5.41) is 3.12. The Hall–Kier alpha value is -2.97. The van der Waals surface area contributed by atoms with Crippen LogP contribution >= 0.6 is 0 Å². The molecular formula is C24H25F3N4O. The second-order valence-corrected chi connectivity index (χ2v) is 7.82. The van der Waals surface area contributed by atoms with E-state index >= 15 is 0 Å². The molecule has 3 heterocycles. The van der Waals surface area contributed by atoms with Crippen molar-refractivity contribution < 1.29 is 17.9 Å². The Labute approximate surface area is 185 Å². The summed E-state index contributed by atoms with van der Waals surface area (Å²) in [7, 11) is 1.86. The van der Waals surface area contributed by atoms with Crippen molar-refractivity contribution in [1.29, 1.82) is 0 Å². The highest BCUT2D eigenvalue weighted by molar-refractivity contribution is 5.42. The molecule has 1 aliphatic heterocycles. The molecule has 3 aromatic rings. The summed E-state index contributed by atoms with van der Waals surface area (Å²) in [5.41, 5.74) is 2.77. The lowest BCUT2D eigenvalue weighted by Crippen LogP contribution is -2.38. The van der Waals surface area contributed by atoms with Crippen LogP contribution in [0.2, 0.25) is 0 Å². The van der Waals surface area contributed by atoms with Gasteiger partial charge in [0.1, 0.15) is 11.9 Å². The van der Waals surface area contributed by atoms with Crippen molar-refractivity contribution in [3.05, 3.63) is 88.9 Å². The van der Waals surface area contributed by atoms with E-state index in [4.69, 9.17) is 4.74 Å². The molecule has 0 saturated carbocycles. The largest absolute Gasteiger partial charge is 0.416 e. The Morgan fingerprint density at radius 3 is 2.72 bits per heavy atom. The molecule has 1 atom stereocenters. The van der Waals surface area contributed by atoms with Crippen LogP contribution in [0.5, 0.6) is 0 Å². The van der Waals surface area contributed by atoms with Crippen LogP contribution in [0, 0.1) is 0 Å². The van der Waals surface area contributed by atoms with Gasteiger partial charge in [-0.25, -0.2) is 4.98 Å². The molecule has 0 aliphatic carbocycles. The van der Waals surface area contributed by atoms with Gasteiger partial charge in [0.25, 0.3) is 0 Å². The molecule has 1 N–H and O–H groups in total. The topological polar surface area (TPSA) is 50.3 Å². The zero-order chi connectivity index (χ0) is 22.6. The molecule has 0 spiro atoms. The van der Waals surface area contributed by atoms with E-state index < -0.39 is 11.7 Å². The van der Waals surface area contributed by atoms with Crippen LogP contribution < -0.4 is 5.32 Å². The lowest BCUT2D eigenvalue weighted by atomic mass is 10.0. The number of halogens is 3. The van der Waals surface area contributed by atoms with E-state index in [1.165, 1.54) is 12.1 Å². The van der Waals surface area contributed by atoms with Crippen LogP contribution in [0.25, 0.3) is 0 Å². The average molecular weight is 442 g/mol. The number of pyridine rings is 2. The first-order valence-corrected chi connectivity index (χ1v) is 10.5. The van der Waals surface area contributed by atoms with Crippen LogP contribution in [0.15, 0.2) is 60.9 Å². The van der Waals surface area contributed by atoms with E-state index in [1.807, 2.05) is 25.2 Å². The lowest BCUT2D eigenvalue weighted by Gasteiger charge is -2.33. The fourth-order valence-corrected chi connectivity index (χ4v) is 3.88. The third-order valence-electron chi connectivity index (χ3n) is 5.51. The molecule has 168 valence electrons. The van der Waals surface area contributed by atoms with E-state index in [-0.39, 0.29) is 6.10 Å². The molecule has 1 unspecified atom stereocenters. The highest BCUT2D eigenvalue weighted by atomic mass is 19.4. The monoisotopic (exact) mass is 442 g/mol. The second kappa shape index (κ2) is 9.67. The Morgan fingerprint density at radius 2 is 1.97 bits per heavy atom. The summed E-state index contributed by atoms with van der Waals surface area (Å²) in [6.45, 7) is 2.89. The maximum atomic E-state index is 12.9. The molecule has 5 nitrogen and oxygen atoms in total. The van der Waals surface area contributed by atoms with Crippen LogP contribution in [0.3, 0.4) is 0 Å². The number of anilines is 1. The van der Waals surface area contributed by atoms with Gasteiger partial charge in [0, 0.05) is 44.6 Å². The predicted octanol–water partition coefficient (Wildman–Crippen LogP) is 4.70. The zero-order valence-electron chi connectivity index (χ0n) is 17.8. The molecule has 0 bridgehead atoms. The van der Waals surface area contributed by atoms with Gasteiger partial charge in [-0.05, 0) is 35.7 Å². The standard InChI is InChI=1S/C24H25F3N4O/c1-28-23-19(5-3-9-29-23)15-31-10-11-32-22(16-31)21-8-7-18(14-30-21)12-17-4-2-6-20(13-17)24(25,26)27/h2-9,13-14,22H,10-12,15-16H2,1H3,(H,28,29). The van der Waals surface area contributed by atoms with Gasteiger partial charge in [0.2, 0.25) is 0 Å². The van der Waals surface area contributed by atoms with Gasteiger partial charge in [-0.3, -0.25) is 9.88 Å². The Bertz CT molecular complexity index is 1040. The maximum absolute atomic E-state index is 12.9. The lowest BCUT2D eigenvalue weighted by molar-refractivity contribution is -0.137. The summed E-state index contributed by atoms with van der Waals surface area (Å²) in [4.78, 5) is 11.2. The quantitative estimate of drug-likeness (QED) is 0.600. The van der Waals surface area contributed by atoms with Crippen molar-refractivity contribution in [2.75, 3.05) is 32.1 Å². The van der Waals surface area contributed by atoms with E-state index in [0.29, 0.717) is 25.1 Å². The van der Waals surface area contributed by atoms with Crippen LogP contribution in [0.4, 0.5) is 19.0 Å². The minimum Gasteiger partial charge on any atom is -0.373 e. The van der Waals surface area contributed by atoms with Crippen molar-refractivity contribution in [2.45, 2.75) is 25.2 Å². The fraction of sp³-hybridized carbons (Fsp3) is 0.333. The molecule has 1 aliphatic rings. The molecule has 2 aromatic heterocycles. The van der Waals surface area contributed by atoms with Gasteiger partial charge >= 0.3 is 6.18 Å². The highest BCUT2D eigenvalue weighted by Crippen LogP contribution is 2.30. The molecule has 1 aromatic carbocycles. The van der Waals surface area contributed by atoms with Gasteiger partial charge in [-0.15, -0.1) is 0 Å². The number of benzene rings is 1. The minimum atomic E-state index is -4.34. The Morgan fingerprint density at radius 1 is 1.09 bits per heavy atom. The Kier molecular flexibility index (Phi) is 6.72. The number of alkyl halides is 3. The summed E-state index contributed by atoms with van der Waals surface area (Å²) in [6, 6.07) is 13.2. The number of rotatable bonds is 6. The summed E-state index contributed by atoms with van der Waals surface area (Å²) >= 11 is 0. The van der Waals surface area contributed by atoms with Crippen molar-refractivity contribution in [1.82, 2.24) is 14.9 Å².